The maximum atomic E-state index is 13.9. The number of aliphatic hydroxyl groups excluding tert-OH is 1. The third-order valence-electron chi connectivity index (χ3n) is 7.84. The van der Waals surface area contributed by atoms with Gasteiger partial charge in [-0.25, -0.2) is 0 Å². The lowest BCUT2D eigenvalue weighted by Gasteiger charge is -2.39. The maximum Gasteiger partial charge on any atom is 0.258 e. The van der Waals surface area contributed by atoms with Crippen LogP contribution < -0.4 is 5.56 Å². The average molecular weight is 488 g/mol. The lowest BCUT2D eigenvalue weighted by atomic mass is 9.86. The van der Waals surface area contributed by atoms with Gasteiger partial charge in [-0.3, -0.25) is 24.5 Å². The number of carbonyl (C=O) groups is 1. The number of ether oxygens (including phenoxy) is 1. The monoisotopic (exact) mass is 487 g/mol. The molecular formula is C27H29N5O4. The van der Waals surface area contributed by atoms with E-state index in [1.165, 1.54) is 0 Å². The third kappa shape index (κ3) is 3.84. The Hall–Kier alpha value is -3.40. The molecular weight excluding hydrogens is 458 g/mol. The summed E-state index contributed by atoms with van der Waals surface area (Å²) in [5.74, 6) is -0.714. The Morgan fingerprint density at radius 2 is 1.83 bits per heavy atom. The van der Waals surface area contributed by atoms with E-state index in [-0.39, 0.29) is 36.1 Å². The summed E-state index contributed by atoms with van der Waals surface area (Å²) in [7, 11) is 0. The van der Waals surface area contributed by atoms with Gasteiger partial charge in [-0.1, -0.05) is 12.1 Å². The van der Waals surface area contributed by atoms with Crippen LogP contribution in [-0.2, 0) is 22.6 Å². The first kappa shape index (κ1) is 23.0. The largest absolute Gasteiger partial charge is 0.396 e. The molecule has 0 unspecified atom stereocenters. The van der Waals surface area contributed by atoms with E-state index in [4.69, 9.17) is 4.74 Å². The van der Waals surface area contributed by atoms with Gasteiger partial charge in [0.15, 0.2) is 0 Å². The van der Waals surface area contributed by atoms with E-state index in [1.54, 1.807) is 18.6 Å². The van der Waals surface area contributed by atoms with Gasteiger partial charge in [0.2, 0.25) is 5.91 Å². The molecule has 0 aliphatic carbocycles. The summed E-state index contributed by atoms with van der Waals surface area (Å²) >= 11 is 0. The molecule has 1 N–H and O–H groups in total. The molecule has 9 nitrogen and oxygen atoms in total. The number of pyridine rings is 3. The molecule has 3 aromatic rings. The summed E-state index contributed by atoms with van der Waals surface area (Å²) in [4.78, 5) is 40.2. The summed E-state index contributed by atoms with van der Waals surface area (Å²) in [5.41, 5.74) is 3.11. The summed E-state index contributed by atoms with van der Waals surface area (Å²) < 4.78 is 7.28. The second kappa shape index (κ2) is 9.57. The molecule has 2 fully saturated rings. The molecule has 0 saturated carbocycles. The Kier molecular flexibility index (Phi) is 6.12. The molecule has 36 heavy (non-hydrogen) atoms. The zero-order valence-corrected chi connectivity index (χ0v) is 19.9. The van der Waals surface area contributed by atoms with Crippen LogP contribution >= 0.6 is 0 Å². The average Bonchev–Trinajstić information content (AvgIpc) is 3.13. The Morgan fingerprint density at radius 3 is 2.53 bits per heavy atom. The lowest BCUT2D eigenvalue weighted by molar-refractivity contribution is -0.142. The lowest BCUT2D eigenvalue weighted by Crippen LogP contribution is -2.47. The summed E-state index contributed by atoms with van der Waals surface area (Å²) in [6.07, 6.45) is 6.95. The van der Waals surface area contributed by atoms with Crippen molar-refractivity contribution >= 4 is 5.91 Å². The van der Waals surface area contributed by atoms with Crippen molar-refractivity contribution in [1.82, 2.24) is 24.3 Å². The normalized spacial score (nSPS) is 25.5. The topological polar surface area (TPSA) is 101 Å². The molecule has 2 bridgehead atoms. The summed E-state index contributed by atoms with van der Waals surface area (Å²) in [6.45, 7) is 2.99. The van der Waals surface area contributed by atoms with Gasteiger partial charge in [0.1, 0.15) is 0 Å². The van der Waals surface area contributed by atoms with Crippen molar-refractivity contribution in [2.75, 3.05) is 32.9 Å². The zero-order valence-electron chi connectivity index (χ0n) is 19.9. The van der Waals surface area contributed by atoms with E-state index in [0.717, 1.165) is 16.8 Å². The van der Waals surface area contributed by atoms with Crippen molar-refractivity contribution in [3.8, 4) is 11.1 Å². The number of aromatic nitrogens is 3. The molecule has 6 rings (SSSR count). The van der Waals surface area contributed by atoms with Crippen LogP contribution in [-0.4, -0.2) is 74.3 Å². The number of amides is 1. The third-order valence-corrected chi connectivity index (χ3v) is 7.84. The van der Waals surface area contributed by atoms with Crippen LogP contribution in [0, 0.1) is 11.8 Å². The van der Waals surface area contributed by atoms with Crippen molar-refractivity contribution in [2.24, 2.45) is 11.8 Å². The Labute approximate surface area is 209 Å². The fourth-order valence-electron chi connectivity index (χ4n) is 6.16. The SMILES string of the molecule is O=C([C@H]1[C@H](CO)[C@H]2Cn3c(ccc(-c4cccnc4)c3=O)[C@@H]1N2Cc1cccnc1)N1CCOCC1. The number of aliphatic hydroxyl groups is 1. The van der Waals surface area contributed by atoms with Crippen molar-refractivity contribution < 1.29 is 14.6 Å². The molecule has 3 aliphatic rings. The van der Waals surface area contributed by atoms with Crippen molar-refractivity contribution in [3.63, 3.8) is 0 Å². The number of rotatable bonds is 5. The van der Waals surface area contributed by atoms with Crippen molar-refractivity contribution in [3.05, 3.63) is 82.8 Å². The van der Waals surface area contributed by atoms with Gasteiger partial charge in [-0.05, 0) is 29.8 Å². The fourth-order valence-corrected chi connectivity index (χ4v) is 6.16. The highest BCUT2D eigenvalue weighted by atomic mass is 16.5. The first-order valence-electron chi connectivity index (χ1n) is 12.4. The van der Waals surface area contributed by atoms with Gasteiger partial charge < -0.3 is 19.3 Å². The summed E-state index contributed by atoms with van der Waals surface area (Å²) in [6, 6.07) is 10.9. The Morgan fingerprint density at radius 1 is 1.06 bits per heavy atom. The van der Waals surface area contributed by atoms with Crippen LogP contribution in [0.5, 0.6) is 0 Å². The van der Waals surface area contributed by atoms with Crippen LogP contribution in [0.1, 0.15) is 17.3 Å². The van der Waals surface area contributed by atoms with Gasteiger partial charge in [0.05, 0.1) is 25.2 Å². The highest BCUT2D eigenvalue weighted by Crippen LogP contribution is 2.49. The highest BCUT2D eigenvalue weighted by molar-refractivity contribution is 5.81. The first-order valence-corrected chi connectivity index (χ1v) is 12.4. The number of nitrogens with zero attached hydrogens (tertiary/aromatic N) is 5. The number of hydrogen-bond donors (Lipinski definition) is 1. The second-order valence-corrected chi connectivity index (χ2v) is 9.68. The van der Waals surface area contributed by atoms with Crippen LogP contribution in [0.25, 0.3) is 11.1 Å². The maximum absolute atomic E-state index is 13.9. The minimum absolute atomic E-state index is 0.0262. The quantitative estimate of drug-likeness (QED) is 0.580. The molecule has 6 heterocycles. The molecule has 3 aromatic heterocycles. The van der Waals surface area contributed by atoms with E-state index in [9.17, 15) is 14.7 Å². The van der Waals surface area contributed by atoms with Gasteiger partial charge >= 0.3 is 0 Å². The zero-order chi connectivity index (χ0) is 24.6. The number of hydrogen-bond acceptors (Lipinski definition) is 7. The molecule has 9 heteroatoms. The Balaban J connectivity index is 1.45. The van der Waals surface area contributed by atoms with Gasteiger partial charge in [0.25, 0.3) is 5.56 Å². The van der Waals surface area contributed by atoms with E-state index >= 15 is 0 Å². The van der Waals surface area contributed by atoms with Crippen molar-refractivity contribution in [2.45, 2.75) is 25.2 Å². The Bertz CT molecular complexity index is 1290. The van der Waals surface area contributed by atoms with Crippen LogP contribution in [0.3, 0.4) is 0 Å². The summed E-state index contributed by atoms with van der Waals surface area (Å²) in [5, 5.41) is 10.6. The first-order chi connectivity index (χ1) is 17.7. The number of fused-ring (bicyclic) bond motifs is 4. The smallest absolute Gasteiger partial charge is 0.258 e. The van der Waals surface area contributed by atoms with Gasteiger partial charge in [-0.2, -0.15) is 0 Å². The molecule has 4 atom stereocenters. The molecule has 3 aliphatic heterocycles. The van der Waals surface area contributed by atoms with E-state index in [2.05, 4.69) is 14.9 Å². The van der Waals surface area contributed by atoms with Gasteiger partial charge in [0, 0.05) is 86.4 Å². The molecule has 0 aromatic carbocycles. The molecule has 2 saturated heterocycles. The van der Waals surface area contributed by atoms with E-state index < -0.39 is 5.92 Å². The fraction of sp³-hybridized carbons (Fsp3) is 0.407. The number of morpholine rings is 1. The van der Waals surface area contributed by atoms with Crippen molar-refractivity contribution in [1.29, 1.82) is 0 Å². The molecule has 186 valence electrons. The minimum Gasteiger partial charge on any atom is -0.396 e. The number of carbonyl (C=O) groups excluding carboxylic acids is 1. The minimum atomic E-state index is -0.452. The molecule has 0 radical (unpaired) electrons. The predicted molar refractivity (Wildman–Crippen MR) is 132 cm³/mol. The highest BCUT2D eigenvalue weighted by Gasteiger charge is 2.56. The molecule has 1 amide bonds. The predicted octanol–water partition coefficient (Wildman–Crippen LogP) is 1.33. The standard InChI is InChI=1S/C27H29N5O4/c33-17-21-23-16-32-22(6-5-20(26(32)34)19-4-2-8-29-14-19)25(31(23)15-18-3-1-7-28-13-18)24(21)27(35)30-9-11-36-12-10-30/h1-8,13-14,21,23-25,33H,9-12,15-17H2/t21-,23-,24+,25+/m1/s1. The van der Waals surface area contributed by atoms with Crippen LogP contribution in [0.2, 0.25) is 0 Å². The van der Waals surface area contributed by atoms with Gasteiger partial charge in [-0.15, -0.1) is 0 Å². The van der Waals surface area contributed by atoms with E-state index in [1.807, 2.05) is 52.1 Å². The van der Waals surface area contributed by atoms with Crippen LogP contribution in [0.15, 0.2) is 66.0 Å². The second-order valence-electron chi connectivity index (χ2n) is 9.68. The van der Waals surface area contributed by atoms with Crippen LogP contribution in [0.4, 0.5) is 0 Å². The molecule has 0 spiro atoms. The van der Waals surface area contributed by atoms with E-state index in [0.29, 0.717) is 45.0 Å².